The molecule has 3 nitrogen and oxygen atoms in total. The van der Waals surface area contributed by atoms with Gasteiger partial charge < -0.3 is 0 Å². The summed E-state index contributed by atoms with van der Waals surface area (Å²) in [4.78, 5) is 0.192. The summed E-state index contributed by atoms with van der Waals surface area (Å²) in [6.45, 7) is 1.78. The average molecular weight is 454 g/mol. The van der Waals surface area contributed by atoms with E-state index in [1.165, 1.54) is 0 Å². The molecule has 21 heavy (non-hydrogen) atoms. The normalized spacial score (nSPS) is 13.1. The molecule has 1 atom stereocenters. The van der Waals surface area contributed by atoms with Gasteiger partial charge in [-0.25, -0.2) is 13.1 Å². The summed E-state index contributed by atoms with van der Waals surface area (Å²) < 4.78 is 28.8. The van der Waals surface area contributed by atoms with Crippen molar-refractivity contribution in [2.75, 3.05) is 0 Å². The van der Waals surface area contributed by atoms with Crippen LogP contribution >= 0.6 is 43.5 Å². The summed E-state index contributed by atoms with van der Waals surface area (Å²) in [6.07, 6.45) is 0. The summed E-state index contributed by atoms with van der Waals surface area (Å²) in [7, 11) is -3.63. The van der Waals surface area contributed by atoms with Gasteiger partial charge in [0.15, 0.2) is 0 Å². The van der Waals surface area contributed by atoms with Crippen LogP contribution in [0.4, 0.5) is 0 Å². The van der Waals surface area contributed by atoms with Crippen molar-refractivity contribution in [3.05, 3.63) is 62.0 Å². The molecule has 1 N–H and O–H groups in total. The van der Waals surface area contributed by atoms with Crippen molar-refractivity contribution in [1.29, 1.82) is 0 Å². The minimum absolute atomic E-state index is 0.192. The van der Waals surface area contributed by atoms with E-state index < -0.39 is 10.0 Å². The zero-order chi connectivity index (χ0) is 15.6. The van der Waals surface area contributed by atoms with Gasteiger partial charge in [0, 0.05) is 20.0 Å². The Hall–Kier alpha value is -0.400. The Bertz CT molecular complexity index is 748. The smallest absolute Gasteiger partial charge is 0.207 e. The average Bonchev–Trinajstić information content (AvgIpc) is 2.41. The highest BCUT2D eigenvalue weighted by Crippen LogP contribution is 2.27. The molecule has 1 unspecified atom stereocenters. The van der Waals surface area contributed by atoms with Gasteiger partial charge in [0.05, 0.1) is 4.90 Å². The maximum atomic E-state index is 12.5. The predicted molar refractivity (Wildman–Crippen MR) is 92.0 cm³/mol. The number of hydrogen-bond acceptors (Lipinski definition) is 2. The van der Waals surface area contributed by atoms with E-state index in [1.54, 1.807) is 49.4 Å². The maximum Gasteiger partial charge on any atom is 0.242 e. The summed E-state index contributed by atoms with van der Waals surface area (Å²) in [5, 5.41) is 0.614. The molecule has 2 aromatic rings. The monoisotopic (exact) mass is 451 g/mol. The van der Waals surface area contributed by atoms with Crippen molar-refractivity contribution < 1.29 is 8.42 Å². The molecule has 0 amide bonds. The highest BCUT2D eigenvalue weighted by molar-refractivity contribution is 9.11. The van der Waals surface area contributed by atoms with Gasteiger partial charge in [-0.15, -0.1) is 0 Å². The van der Waals surface area contributed by atoms with Crippen LogP contribution in [0.15, 0.2) is 56.3 Å². The molecule has 0 aromatic heterocycles. The quantitative estimate of drug-likeness (QED) is 0.715. The Kier molecular flexibility index (Phi) is 5.48. The fourth-order valence-corrected chi connectivity index (χ4v) is 4.66. The second kappa shape index (κ2) is 6.79. The van der Waals surface area contributed by atoms with Crippen LogP contribution in [0.1, 0.15) is 18.5 Å². The van der Waals surface area contributed by atoms with Crippen LogP contribution in [0.5, 0.6) is 0 Å². The lowest BCUT2D eigenvalue weighted by molar-refractivity contribution is 0.566. The third kappa shape index (κ3) is 4.29. The molecule has 0 heterocycles. The van der Waals surface area contributed by atoms with Gasteiger partial charge in [-0.2, -0.15) is 0 Å². The number of nitrogens with one attached hydrogen (secondary N) is 1. The topological polar surface area (TPSA) is 46.2 Å². The highest BCUT2D eigenvalue weighted by atomic mass is 79.9. The van der Waals surface area contributed by atoms with Crippen LogP contribution < -0.4 is 4.72 Å². The number of sulfonamides is 1. The molecule has 112 valence electrons. The molecule has 0 radical (unpaired) electrons. The van der Waals surface area contributed by atoms with E-state index in [2.05, 4.69) is 36.6 Å². The molecular weight excluding hydrogens is 441 g/mol. The Morgan fingerprint density at radius 2 is 1.71 bits per heavy atom. The minimum Gasteiger partial charge on any atom is -0.207 e. The molecule has 0 aliphatic carbocycles. The van der Waals surface area contributed by atoms with Gasteiger partial charge >= 0.3 is 0 Å². The fourth-order valence-electron chi connectivity index (χ4n) is 1.80. The second-order valence-electron chi connectivity index (χ2n) is 4.47. The lowest BCUT2D eigenvalue weighted by Crippen LogP contribution is -2.27. The molecule has 0 aliphatic rings. The first kappa shape index (κ1) is 17.0. The largest absolute Gasteiger partial charge is 0.242 e. The van der Waals surface area contributed by atoms with Crippen molar-refractivity contribution >= 4 is 53.5 Å². The standard InChI is InChI=1S/C14H12Br2ClNO2S/c1-9(10-2-5-12(17)6-3-10)18-21(19,20)14-8-11(15)4-7-13(14)16/h2-9,18H,1H3. The third-order valence-corrected chi connectivity index (χ3v) is 6.16. The fraction of sp³-hybridized carbons (Fsp3) is 0.143. The van der Waals surface area contributed by atoms with E-state index in [0.717, 1.165) is 5.56 Å². The molecular formula is C14H12Br2ClNO2S. The Morgan fingerprint density at radius 1 is 1.10 bits per heavy atom. The molecule has 0 spiro atoms. The van der Waals surface area contributed by atoms with Crippen LogP contribution in [0.3, 0.4) is 0 Å². The second-order valence-corrected chi connectivity index (χ2v) is 8.36. The van der Waals surface area contributed by atoms with Crippen LogP contribution in [0.2, 0.25) is 5.02 Å². The van der Waals surface area contributed by atoms with E-state index in [-0.39, 0.29) is 10.9 Å². The van der Waals surface area contributed by atoms with E-state index in [4.69, 9.17) is 11.6 Å². The van der Waals surface area contributed by atoms with Crippen LogP contribution in [-0.2, 0) is 10.0 Å². The van der Waals surface area contributed by atoms with Crippen molar-refractivity contribution in [2.24, 2.45) is 0 Å². The first-order chi connectivity index (χ1) is 9.79. The van der Waals surface area contributed by atoms with E-state index in [9.17, 15) is 8.42 Å². The molecule has 0 fully saturated rings. The Morgan fingerprint density at radius 3 is 2.33 bits per heavy atom. The van der Waals surface area contributed by atoms with Crippen molar-refractivity contribution in [1.82, 2.24) is 4.72 Å². The van der Waals surface area contributed by atoms with Crippen LogP contribution in [0.25, 0.3) is 0 Å². The molecule has 0 aliphatic heterocycles. The SMILES string of the molecule is CC(NS(=O)(=O)c1cc(Br)ccc1Br)c1ccc(Cl)cc1. The van der Waals surface area contributed by atoms with Gasteiger partial charge in [0.1, 0.15) is 0 Å². The van der Waals surface area contributed by atoms with Gasteiger partial charge in [-0.1, -0.05) is 39.7 Å². The van der Waals surface area contributed by atoms with Crippen molar-refractivity contribution in [3.63, 3.8) is 0 Å². The van der Waals surface area contributed by atoms with Crippen LogP contribution in [0, 0.1) is 0 Å². The van der Waals surface area contributed by atoms with E-state index >= 15 is 0 Å². The molecule has 0 saturated heterocycles. The third-order valence-electron chi connectivity index (χ3n) is 2.88. The Balaban J connectivity index is 2.28. The number of benzene rings is 2. The summed E-state index contributed by atoms with van der Waals surface area (Å²) in [5.41, 5.74) is 0.842. The van der Waals surface area contributed by atoms with Crippen LogP contribution in [-0.4, -0.2) is 8.42 Å². The lowest BCUT2D eigenvalue weighted by atomic mass is 10.1. The summed E-state index contributed by atoms with van der Waals surface area (Å²) >= 11 is 12.4. The number of hydrogen-bond donors (Lipinski definition) is 1. The number of rotatable bonds is 4. The summed E-state index contributed by atoms with van der Waals surface area (Å²) in [5.74, 6) is 0. The first-order valence-corrected chi connectivity index (χ1v) is 9.47. The van der Waals surface area contributed by atoms with Crippen molar-refractivity contribution in [2.45, 2.75) is 17.9 Å². The van der Waals surface area contributed by atoms with Gasteiger partial charge in [-0.05, 0) is 58.7 Å². The molecule has 2 rings (SSSR count). The first-order valence-electron chi connectivity index (χ1n) is 6.02. The number of halogens is 3. The van der Waals surface area contributed by atoms with Gasteiger partial charge in [0.2, 0.25) is 10.0 Å². The van der Waals surface area contributed by atoms with Crippen molar-refractivity contribution in [3.8, 4) is 0 Å². The minimum atomic E-state index is -3.63. The summed E-state index contributed by atoms with van der Waals surface area (Å²) in [6, 6.07) is 11.7. The van der Waals surface area contributed by atoms with Gasteiger partial charge in [-0.3, -0.25) is 0 Å². The molecule has 2 aromatic carbocycles. The van der Waals surface area contributed by atoms with E-state index in [0.29, 0.717) is 14.0 Å². The molecule has 7 heteroatoms. The van der Waals surface area contributed by atoms with Gasteiger partial charge in [0.25, 0.3) is 0 Å². The Labute approximate surface area is 146 Å². The zero-order valence-electron chi connectivity index (χ0n) is 11.0. The van der Waals surface area contributed by atoms with E-state index in [1.807, 2.05) is 0 Å². The predicted octanol–water partition coefficient (Wildman–Crippen LogP) is 4.90. The lowest BCUT2D eigenvalue weighted by Gasteiger charge is -2.15. The maximum absolute atomic E-state index is 12.5. The zero-order valence-corrected chi connectivity index (χ0v) is 15.7. The molecule has 0 saturated carbocycles. The highest BCUT2D eigenvalue weighted by Gasteiger charge is 2.21. The molecule has 0 bridgehead atoms.